The Bertz CT molecular complexity index is 1130. The monoisotopic (exact) mass is 401 g/mol. The molecule has 0 fully saturated rings. The van der Waals surface area contributed by atoms with Crippen LogP contribution in [0.15, 0.2) is 73.2 Å². The molecule has 0 saturated heterocycles. The molecular formula is C24H24FN5. The minimum Gasteiger partial charge on any atom is -0.350 e. The fraction of sp³-hybridized carbons (Fsp3) is 0.208. The number of rotatable bonds is 6. The van der Waals surface area contributed by atoms with E-state index in [9.17, 15) is 4.39 Å². The molecule has 2 aromatic carbocycles. The number of hydrogen-bond acceptors (Lipinski definition) is 4. The number of anilines is 1. The number of benzene rings is 2. The molecule has 0 atom stereocenters. The number of aromatic nitrogens is 4. The first-order valence-corrected chi connectivity index (χ1v) is 9.87. The van der Waals surface area contributed by atoms with E-state index >= 15 is 0 Å². The van der Waals surface area contributed by atoms with Gasteiger partial charge in [-0.2, -0.15) is 0 Å². The normalized spacial score (nSPS) is 11.5. The molecule has 0 aliphatic rings. The molecule has 0 bridgehead atoms. The van der Waals surface area contributed by atoms with Gasteiger partial charge in [-0.15, -0.1) is 0 Å². The molecule has 4 aromatic rings. The smallest absolute Gasteiger partial charge is 0.223 e. The van der Waals surface area contributed by atoms with Gasteiger partial charge in [-0.1, -0.05) is 60.2 Å². The first kappa shape index (κ1) is 19.8. The van der Waals surface area contributed by atoms with E-state index in [2.05, 4.69) is 20.3 Å². The van der Waals surface area contributed by atoms with Crippen LogP contribution in [0, 0.1) is 6.92 Å². The summed E-state index contributed by atoms with van der Waals surface area (Å²) in [6, 6.07) is 19.8. The second-order valence-electron chi connectivity index (χ2n) is 7.69. The van der Waals surface area contributed by atoms with Gasteiger partial charge in [0.2, 0.25) is 5.95 Å². The van der Waals surface area contributed by atoms with Crippen molar-refractivity contribution in [2.45, 2.75) is 33.1 Å². The van der Waals surface area contributed by atoms with E-state index in [4.69, 9.17) is 0 Å². The molecule has 0 aliphatic heterocycles. The fourth-order valence-corrected chi connectivity index (χ4v) is 3.27. The first-order valence-electron chi connectivity index (χ1n) is 9.87. The van der Waals surface area contributed by atoms with Gasteiger partial charge in [-0.05, 0) is 32.4 Å². The highest BCUT2D eigenvalue weighted by Gasteiger charge is 2.26. The van der Waals surface area contributed by atoms with Gasteiger partial charge in [0.15, 0.2) is 5.79 Å². The van der Waals surface area contributed by atoms with Gasteiger partial charge >= 0.3 is 0 Å². The lowest BCUT2D eigenvalue weighted by molar-refractivity contribution is 0.122. The maximum atomic E-state index is 15.0. The molecular weight excluding hydrogens is 377 g/mol. The largest absolute Gasteiger partial charge is 0.350 e. The van der Waals surface area contributed by atoms with Crippen LogP contribution >= 0.6 is 0 Å². The van der Waals surface area contributed by atoms with E-state index in [0.717, 1.165) is 16.7 Å². The van der Waals surface area contributed by atoms with Crippen molar-refractivity contribution in [2.24, 2.45) is 0 Å². The fourth-order valence-electron chi connectivity index (χ4n) is 3.27. The predicted octanol–water partition coefficient (Wildman–Crippen LogP) is 5.59. The lowest BCUT2D eigenvalue weighted by Gasteiger charge is -2.20. The SMILES string of the molecule is Cc1ccc(-c2ncn(C(C)(C)F)c2-c2ccnc(NCc3ccccc3)n2)cc1. The highest BCUT2D eigenvalue weighted by molar-refractivity contribution is 5.77. The van der Waals surface area contributed by atoms with Crippen LogP contribution in [-0.2, 0) is 12.3 Å². The van der Waals surface area contributed by atoms with Gasteiger partial charge in [0.1, 0.15) is 0 Å². The Morgan fingerprint density at radius 3 is 2.40 bits per heavy atom. The van der Waals surface area contributed by atoms with E-state index in [1.165, 1.54) is 24.7 Å². The zero-order valence-corrected chi connectivity index (χ0v) is 17.3. The molecule has 0 saturated carbocycles. The average Bonchev–Trinajstić information content (AvgIpc) is 3.20. The Hall–Kier alpha value is -3.54. The van der Waals surface area contributed by atoms with Crippen LogP contribution in [0.1, 0.15) is 25.0 Å². The Balaban J connectivity index is 1.73. The first-order chi connectivity index (χ1) is 14.4. The lowest BCUT2D eigenvalue weighted by atomic mass is 10.1. The molecule has 0 radical (unpaired) electrons. The average molecular weight is 401 g/mol. The predicted molar refractivity (Wildman–Crippen MR) is 118 cm³/mol. The van der Waals surface area contributed by atoms with Crippen LogP contribution in [0.5, 0.6) is 0 Å². The molecule has 0 unspecified atom stereocenters. The van der Waals surface area contributed by atoms with Crippen LogP contribution in [-0.4, -0.2) is 19.5 Å². The zero-order valence-electron chi connectivity index (χ0n) is 17.3. The summed E-state index contributed by atoms with van der Waals surface area (Å²) in [5.74, 6) is -1.15. The highest BCUT2D eigenvalue weighted by Crippen LogP contribution is 2.34. The van der Waals surface area contributed by atoms with Crippen LogP contribution < -0.4 is 5.32 Å². The van der Waals surface area contributed by atoms with E-state index in [0.29, 0.717) is 29.6 Å². The molecule has 0 spiro atoms. The molecule has 30 heavy (non-hydrogen) atoms. The van der Waals surface area contributed by atoms with Gasteiger partial charge in [0, 0.05) is 18.3 Å². The summed E-state index contributed by atoms with van der Waals surface area (Å²) < 4.78 is 16.5. The van der Waals surface area contributed by atoms with Gasteiger partial charge in [-0.3, -0.25) is 4.57 Å². The molecule has 1 N–H and O–H groups in total. The van der Waals surface area contributed by atoms with Crippen molar-refractivity contribution in [3.05, 3.63) is 84.3 Å². The van der Waals surface area contributed by atoms with Crippen molar-refractivity contribution in [1.82, 2.24) is 19.5 Å². The third-order valence-electron chi connectivity index (χ3n) is 4.86. The molecule has 2 aromatic heterocycles. The number of alkyl halides is 1. The number of hydrogen-bond donors (Lipinski definition) is 1. The van der Waals surface area contributed by atoms with E-state index < -0.39 is 5.79 Å². The summed E-state index contributed by atoms with van der Waals surface area (Å²) in [5.41, 5.74) is 5.11. The Labute approximate surface area is 175 Å². The maximum absolute atomic E-state index is 15.0. The number of nitrogens with one attached hydrogen (secondary N) is 1. The molecule has 2 heterocycles. The van der Waals surface area contributed by atoms with Crippen molar-refractivity contribution in [3.8, 4) is 22.6 Å². The van der Waals surface area contributed by atoms with E-state index in [1.807, 2.05) is 61.5 Å². The summed E-state index contributed by atoms with van der Waals surface area (Å²) in [4.78, 5) is 13.5. The van der Waals surface area contributed by atoms with Crippen molar-refractivity contribution >= 4 is 5.95 Å². The second kappa shape index (κ2) is 8.06. The van der Waals surface area contributed by atoms with Crippen molar-refractivity contribution in [2.75, 3.05) is 5.32 Å². The summed E-state index contributed by atoms with van der Waals surface area (Å²) >= 11 is 0. The Kier molecular flexibility index (Phi) is 5.31. The zero-order chi connectivity index (χ0) is 21.1. The van der Waals surface area contributed by atoms with Crippen LogP contribution in [0.3, 0.4) is 0 Å². The van der Waals surface area contributed by atoms with Crippen LogP contribution in [0.2, 0.25) is 0 Å². The highest BCUT2D eigenvalue weighted by atomic mass is 19.1. The number of aryl methyl sites for hydroxylation is 1. The third kappa shape index (κ3) is 4.22. The minimum atomic E-state index is -1.63. The van der Waals surface area contributed by atoms with Gasteiger partial charge < -0.3 is 5.32 Å². The maximum Gasteiger partial charge on any atom is 0.223 e. The quantitative estimate of drug-likeness (QED) is 0.458. The molecule has 5 nitrogen and oxygen atoms in total. The summed E-state index contributed by atoms with van der Waals surface area (Å²) in [5, 5.41) is 3.24. The molecule has 0 amide bonds. The summed E-state index contributed by atoms with van der Waals surface area (Å²) in [6.07, 6.45) is 3.21. The molecule has 0 aliphatic carbocycles. The Morgan fingerprint density at radius 1 is 0.967 bits per heavy atom. The second-order valence-corrected chi connectivity index (χ2v) is 7.69. The van der Waals surface area contributed by atoms with Gasteiger partial charge in [-0.25, -0.2) is 19.3 Å². The number of nitrogens with zero attached hydrogens (tertiary/aromatic N) is 4. The minimum absolute atomic E-state index is 0.482. The standard InChI is InChI=1S/C24H24FN5/c1-17-9-11-19(12-10-17)21-22(30(16-28-21)24(2,3)25)20-13-14-26-23(29-20)27-15-18-7-5-4-6-8-18/h4-14,16H,15H2,1-3H3,(H,26,27,29). The third-order valence-corrected chi connectivity index (χ3v) is 4.86. The number of imidazole rings is 1. The summed E-state index contributed by atoms with van der Waals surface area (Å²) in [6.45, 7) is 5.64. The molecule has 4 rings (SSSR count). The lowest BCUT2D eigenvalue weighted by Crippen LogP contribution is -2.20. The van der Waals surface area contributed by atoms with Gasteiger partial charge in [0.05, 0.1) is 23.4 Å². The van der Waals surface area contributed by atoms with E-state index in [-0.39, 0.29) is 0 Å². The van der Waals surface area contributed by atoms with Crippen molar-refractivity contribution in [1.29, 1.82) is 0 Å². The van der Waals surface area contributed by atoms with Crippen LogP contribution in [0.25, 0.3) is 22.6 Å². The molecule has 6 heteroatoms. The topological polar surface area (TPSA) is 55.6 Å². The van der Waals surface area contributed by atoms with Crippen LogP contribution in [0.4, 0.5) is 10.3 Å². The van der Waals surface area contributed by atoms with Crippen molar-refractivity contribution in [3.63, 3.8) is 0 Å². The number of halogens is 1. The van der Waals surface area contributed by atoms with E-state index in [1.54, 1.807) is 12.3 Å². The van der Waals surface area contributed by atoms with Gasteiger partial charge in [0.25, 0.3) is 0 Å². The summed E-state index contributed by atoms with van der Waals surface area (Å²) in [7, 11) is 0. The Morgan fingerprint density at radius 2 is 1.70 bits per heavy atom. The van der Waals surface area contributed by atoms with Crippen molar-refractivity contribution < 1.29 is 4.39 Å². The molecule has 152 valence electrons.